The Morgan fingerprint density at radius 3 is 2.43 bits per heavy atom. The number of halogens is 1. The molecule has 3 nitrogen and oxygen atoms in total. The molecule has 0 spiro atoms. The SMILES string of the molecule is CC1(O)CCN(c2ccc(CNC(C)(C)C)cc2Br)CC1. The second-order valence-corrected chi connectivity index (χ2v) is 8.23. The highest BCUT2D eigenvalue weighted by Gasteiger charge is 2.28. The largest absolute Gasteiger partial charge is 0.390 e. The Morgan fingerprint density at radius 2 is 1.90 bits per heavy atom. The molecule has 0 radical (unpaired) electrons. The Kier molecular flexibility index (Phi) is 5.01. The van der Waals surface area contributed by atoms with E-state index < -0.39 is 5.60 Å². The summed E-state index contributed by atoms with van der Waals surface area (Å²) in [6, 6.07) is 6.57. The highest BCUT2D eigenvalue weighted by molar-refractivity contribution is 9.10. The summed E-state index contributed by atoms with van der Waals surface area (Å²) in [5.41, 5.74) is 2.14. The van der Waals surface area contributed by atoms with Crippen LogP contribution in [0.25, 0.3) is 0 Å². The van der Waals surface area contributed by atoms with Gasteiger partial charge in [0.25, 0.3) is 0 Å². The van der Waals surface area contributed by atoms with Gasteiger partial charge in [0.1, 0.15) is 0 Å². The van der Waals surface area contributed by atoms with Gasteiger partial charge < -0.3 is 15.3 Å². The molecule has 118 valence electrons. The van der Waals surface area contributed by atoms with E-state index >= 15 is 0 Å². The first kappa shape index (κ1) is 16.8. The van der Waals surface area contributed by atoms with E-state index in [2.05, 4.69) is 65.1 Å². The fourth-order valence-corrected chi connectivity index (χ4v) is 3.19. The van der Waals surface area contributed by atoms with Gasteiger partial charge in [0.05, 0.1) is 11.3 Å². The molecule has 4 heteroatoms. The summed E-state index contributed by atoms with van der Waals surface area (Å²) in [7, 11) is 0. The fourth-order valence-electron chi connectivity index (χ4n) is 2.51. The molecule has 0 atom stereocenters. The third kappa shape index (κ3) is 4.97. The molecule has 2 rings (SSSR count). The van der Waals surface area contributed by atoms with Crippen LogP contribution in [0, 0.1) is 0 Å². The molecule has 0 aliphatic carbocycles. The van der Waals surface area contributed by atoms with Crippen LogP contribution in [-0.2, 0) is 6.54 Å². The fraction of sp³-hybridized carbons (Fsp3) is 0.647. The molecule has 0 bridgehead atoms. The quantitative estimate of drug-likeness (QED) is 0.868. The Balaban J connectivity index is 2.03. The van der Waals surface area contributed by atoms with Gasteiger partial charge in [0.2, 0.25) is 0 Å². The lowest BCUT2D eigenvalue weighted by atomic mass is 9.93. The molecule has 1 aliphatic heterocycles. The minimum absolute atomic E-state index is 0.129. The van der Waals surface area contributed by atoms with E-state index in [4.69, 9.17) is 0 Å². The van der Waals surface area contributed by atoms with Gasteiger partial charge in [0.15, 0.2) is 0 Å². The summed E-state index contributed by atoms with van der Waals surface area (Å²) in [5.74, 6) is 0. The van der Waals surface area contributed by atoms with Crippen molar-refractivity contribution in [1.29, 1.82) is 0 Å². The summed E-state index contributed by atoms with van der Waals surface area (Å²) >= 11 is 3.70. The molecular weight excluding hydrogens is 328 g/mol. The molecule has 1 aromatic carbocycles. The number of benzene rings is 1. The third-order valence-electron chi connectivity index (χ3n) is 4.02. The zero-order valence-corrected chi connectivity index (χ0v) is 15.1. The van der Waals surface area contributed by atoms with Crippen molar-refractivity contribution in [3.8, 4) is 0 Å². The van der Waals surface area contributed by atoms with Crippen molar-refractivity contribution in [1.82, 2.24) is 5.32 Å². The zero-order valence-electron chi connectivity index (χ0n) is 13.5. The molecule has 21 heavy (non-hydrogen) atoms. The topological polar surface area (TPSA) is 35.5 Å². The first-order valence-corrected chi connectivity index (χ1v) is 8.46. The van der Waals surface area contributed by atoms with Gasteiger partial charge in [-0.1, -0.05) is 6.07 Å². The Bertz CT molecular complexity index is 484. The average Bonchev–Trinajstić information content (AvgIpc) is 2.36. The molecule has 0 aromatic heterocycles. The molecule has 0 amide bonds. The van der Waals surface area contributed by atoms with Crippen LogP contribution in [-0.4, -0.2) is 29.3 Å². The van der Waals surface area contributed by atoms with Crippen molar-refractivity contribution in [3.63, 3.8) is 0 Å². The molecule has 1 saturated heterocycles. The summed E-state index contributed by atoms with van der Waals surface area (Å²) < 4.78 is 1.14. The lowest BCUT2D eigenvalue weighted by Gasteiger charge is -2.37. The average molecular weight is 355 g/mol. The molecule has 0 unspecified atom stereocenters. The number of aliphatic hydroxyl groups is 1. The minimum atomic E-state index is -0.500. The number of anilines is 1. The Morgan fingerprint density at radius 1 is 1.29 bits per heavy atom. The van der Waals surface area contributed by atoms with Crippen LogP contribution in [0.3, 0.4) is 0 Å². The zero-order chi connectivity index (χ0) is 15.7. The summed E-state index contributed by atoms with van der Waals surface area (Å²) in [4.78, 5) is 2.35. The monoisotopic (exact) mass is 354 g/mol. The molecule has 1 aromatic rings. The maximum Gasteiger partial charge on any atom is 0.0653 e. The van der Waals surface area contributed by atoms with Crippen LogP contribution < -0.4 is 10.2 Å². The van der Waals surface area contributed by atoms with Crippen LogP contribution in [0.1, 0.15) is 46.1 Å². The lowest BCUT2D eigenvalue weighted by molar-refractivity contribution is 0.0351. The van der Waals surface area contributed by atoms with Crippen LogP contribution in [0.5, 0.6) is 0 Å². The van der Waals surface area contributed by atoms with Crippen molar-refractivity contribution in [2.75, 3.05) is 18.0 Å². The predicted molar refractivity (Wildman–Crippen MR) is 92.8 cm³/mol. The van der Waals surface area contributed by atoms with Gasteiger partial charge in [-0.05, 0) is 74.2 Å². The van der Waals surface area contributed by atoms with E-state index in [0.717, 1.165) is 36.9 Å². The van der Waals surface area contributed by atoms with Crippen LogP contribution in [0.2, 0.25) is 0 Å². The van der Waals surface area contributed by atoms with Crippen molar-refractivity contribution in [3.05, 3.63) is 28.2 Å². The van der Waals surface area contributed by atoms with E-state index in [9.17, 15) is 5.11 Å². The Labute approximate surface area is 136 Å². The summed E-state index contributed by atoms with van der Waals surface area (Å²) in [6.45, 7) is 11.1. The number of hydrogen-bond donors (Lipinski definition) is 2. The molecule has 2 N–H and O–H groups in total. The van der Waals surface area contributed by atoms with Gasteiger partial charge in [-0.3, -0.25) is 0 Å². The van der Waals surface area contributed by atoms with Crippen LogP contribution in [0.15, 0.2) is 22.7 Å². The number of nitrogens with zero attached hydrogens (tertiary/aromatic N) is 1. The van der Waals surface area contributed by atoms with Gasteiger partial charge in [-0.15, -0.1) is 0 Å². The van der Waals surface area contributed by atoms with E-state index in [1.54, 1.807) is 0 Å². The molecule has 1 heterocycles. The van der Waals surface area contributed by atoms with Crippen molar-refractivity contribution in [2.45, 2.75) is 58.2 Å². The van der Waals surface area contributed by atoms with Crippen LogP contribution >= 0.6 is 15.9 Å². The highest BCUT2D eigenvalue weighted by Crippen LogP contribution is 2.32. The standard InChI is InChI=1S/C17H27BrN2O/c1-16(2,3)19-12-13-5-6-15(14(18)11-13)20-9-7-17(4,21)8-10-20/h5-6,11,19,21H,7-10,12H2,1-4H3. The number of piperidine rings is 1. The summed E-state index contributed by atoms with van der Waals surface area (Å²) in [5, 5.41) is 13.6. The normalized spacial score (nSPS) is 18.9. The number of hydrogen-bond acceptors (Lipinski definition) is 3. The van der Waals surface area contributed by atoms with Crippen molar-refractivity contribution in [2.24, 2.45) is 0 Å². The second kappa shape index (κ2) is 6.27. The van der Waals surface area contributed by atoms with Crippen LogP contribution in [0.4, 0.5) is 5.69 Å². The first-order chi connectivity index (χ1) is 9.66. The highest BCUT2D eigenvalue weighted by atomic mass is 79.9. The smallest absolute Gasteiger partial charge is 0.0653 e. The molecule has 0 saturated carbocycles. The van der Waals surface area contributed by atoms with Gasteiger partial charge in [-0.2, -0.15) is 0 Å². The van der Waals surface area contributed by atoms with Gasteiger partial charge >= 0.3 is 0 Å². The number of nitrogens with one attached hydrogen (secondary N) is 1. The van der Waals surface area contributed by atoms with Crippen molar-refractivity contribution >= 4 is 21.6 Å². The maximum absolute atomic E-state index is 10.1. The lowest BCUT2D eigenvalue weighted by Crippen LogP contribution is -2.42. The first-order valence-electron chi connectivity index (χ1n) is 7.67. The Hall–Kier alpha value is -0.580. The van der Waals surface area contributed by atoms with Crippen molar-refractivity contribution < 1.29 is 5.11 Å². The van der Waals surface area contributed by atoms with E-state index in [-0.39, 0.29) is 5.54 Å². The van der Waals surface area contributed by atoms with Gasteiger partial charge in [-0.25, -0.2) is 0 Å². The second-order valence-electron chi connectivity index (χ2n) is 7.37. The molecule has 1 fully saturated rings. The van der Waals surface area contributed by atoms with E-state index in [1.165, 1.54) is 11.3 Å². The molecule has 1 aliphatic rings. The van der Waals surface area contributed by atoms with E-state index in [0.29, 0.717) is 0 Å². The third-order valence-corrected chi connectivity index (χ3v) is 4.65. The predicted octanol–water partition coefficient (Wildman–Crippen LogP) is 3.69. The van der Waals surface area contributed by atoms with E-state index in [1.807, 2.05) is 6.92 Å². The molecular formula is C17H27BrN2O. The minimum Gasteiger partial charge on any atom is -0.390 e. The maximum atomic E-state index is 10.1. The number of rotatable bonds is 3. The van der Waals surface area contributed by atoms with Gasteiger partial charge in [0, 0.05) is 29.6 Å². The summed E-state index contributed by atoms with van der Waals surface area (Å²) in [6.07, 6.45) is 1.65.